The minimum Gasteiger partial charge on any atom is -0.463 e. The van der Waals surface area contributed by atoms with Crippen LogP contribution in [0.4, 0.5) is 4.39 Å². The molecule has 2 aromatic carbocycles. The molecule has 1 heterocycles. The van der Waals surface area contributed by atoms with Crippen LogP contribution in [0.25, 0.3) is 0 Å². The number of ether oxygens (including phenoxy) is 1. The molecular formula is C25H26ClFN2O4. The van der Waals surface area contributed by atoms with Crippen LogP contribution in [0.2, 0.25) is 5.02 Å². The van der Waals surface area contributed by atoms with Crippen LogP contribution in [0.15, 0.2) is 60.7 Å². The van der Waals surface area contributed by atoms with Crippen molar-refractivity contribution in [1.29, 1.82) is 0 Å². The maximum absolute atomic E-state index is 13.3. The lowest BCUT2D eigenvalue weighted by Crippen LogP contribution is -2.34. The van der Waals surface area contributed by atoms with Gasteiger partial charge in [-0.25, -0.2) is 4.39 Å². The highest BCUT2D eigenvalue weighted by Crippen LogP contribution is 2.19. The quantitative estimate of drug-likeness (QED) is 0.503. The zero-order chi connectivity index (χ0) is 23.6. The van der Waals surface area contributed by atoms with Gasteiger partial charge in [0.25, 0.3) is 0 Å². The zero-order valence-electron chi connectivity index (χ0n) is 18.1. The fraction of sp³-hybridized carbons (Fsp3) is 0.320. The molecule has 3 rings (SSSR count). The summed E-state index contributed by atoms with van der Waals surface area (Å²) in [5.41, 5.74) is 1.52. The fourth-order valence-corrected chi connectivity index (χ4v) is 3.55. The van der Waals surface area contributed by atoms with Crippen LogP contribution >= 0.6 is 11.6 Å². The Balaban J connectivity index is 1.64. The highest BCUT2D eigenvalue weighted by atomic mass is 35.5. The molecule has 0 fully saturated rings. The lowest BCUT2D eigenvalue weighted by molar-refractivity contribution is -0.151. The largest absolute Gasteiger partial charge is 0.463 e. The second-order valence-corrected chi connectivity index (χ2v) is 8.29. The number of cyclic esters (lactones) is 1. The second kappa shape index (κ2) is 12.2. The molecule has 0 saturated heterocycles. The van der Waals surface area contributed by atoms with E-state index >= 15 is 0 Å². The van der Waals surface area contributed by atoms with Gasteiger partial charge in [0.15, 0.2) is 0 Å². The summed E-state index contributed by atoms with van der Waals surface area (Å²) in [6, 6.07) is 12.2. The van der Waals surface area contributed by atoms with Gasteiger partial charge < -0.3 is 15.4 Å². The van der Waals surface area contributed by atoms with Crippen molar-refractivity contribution < 1.29 is 23.5 Å². The van der Waals surface area contributed by atoms with Gasteiger partial charge >= 0.3 is 5.97 Å². The Morgan fingerprint density at radius 1 is 1.09 bits per heavy atom. The number of carbonyl (C=O) groups excluding carboxylic acids is 3. The average molecular weight is 473 g/mol. The summed E-state index contributed by atoms with van der Waals surface area (Å²) in [6.45, 7) is 0.217. The summed E-state index contributed by atoms with van der Waals surface area (Å²) in [5, 5.41) is 6.25. The normalized spacial score (nSPS) is 20.5. The van der Waals surface area contributed by atoms with Crippen molar-refractivity contribution in [2.45, 2.75) is 38.3 Å². The number of nitrogens with one attached hydrogen (secondary N) is 2. The van der Waals surface area contributed by atoms with Crippen molar-refractivity contribution in [2.75, 3.05) is 6.61 Å². The van der Waals surface area contributed by atoms with Crippen LogP contribution in [0.5, 0.6) is 0 Å². The molecule has 174 valence electrons. The molecule has 8 heteroatoms. The van der Waals surface area contributed by atoms with Crippen molar-refractivity contribution in [2.24, 2.45) is 5.92 Å². The van der Waals surface area contributed by atoms with Gasteiger partial charge in [-0.2, -0.15) is 0 Å². The molecule has 2 aromatic rings. The summed E-state index contributed by atoms with van der Waals surface area (Å²) >= 11 is 5.87. The molecule has 6 nitrogen and oxygen atoms in total. The van der Waals surface area contributed by atoms with E-state index in [2.05, 4.69) is 10.6 Å². The first kappa shape index (κ1) is 24.5. The smallest absolute Gasteiger partial charge is 0.309 e. The first-order valence-corrected chi connectivity index (χ1v) is 11.2. The molecule has 2 amide bonds. The van der Waals surface area contributed by atoms with E-state index in [4.69, 9.17) is 16.3 Å². The first-order chi connectivity index (χ1) is 15.9. The first-order valence-electron chi connectivity index (χ1n) is 10.8. The molecule has 0 radical (unpaired) electrons. The highest BCUT2D eigenvalue weighted by Gasteiger charge is 2.25. The third kappa shape index (κ3) is 8.02. The number of amides is 2. The Labute approximate surface area is 197 Å². The van der Waals surface area contributed by atoms with E-state index in [1.165, 1.54) is 12.1 Å². The van der Waals surface area contributed by atoms with E-state index in [1.54, 1.807) is 30.3 Å². The summed E-state index contributed by atoms with van der Waals surface area (Å²) in [7, 11) is 0. The van der Waals surface area contributed by atoms with E-state index in [0.717, 1.165) is 5.56 Å². The molecule has 0 saturated carbocycles. The van der Waals surface area contributed by atoms with Crippen LogP contribution in [0.3, 0.4) is 0 Å². The average Bonchev–Trinajstić information content (AvgIpc) is 2.80. The number of hydrogen-bond donors (Lipinski definition) is 2. The topological polar surface area (TPSA) is 84.5 Å². The van der Waals surface area contributed by atoms with Crippen molar-refractivity contribution in [3.63, 3.8) is 0 Å². The minimum atomic E-state index is -0.657. The van der Waals surface area contributed by atoms with Crippen molar-refractivity contribution >= 4 is 29.4 Å². The van der Waals surface area contributed by atoms with Gasteiger partial charge in [0.05, 0.1) is 12.0 Å². The summed E-state index contributed by atoms with van der Waals surface area (Å²) < 4.78 is 18.8. The third-order valence-corrected chi connectivity index (χ3v) is 5.55. The lowest BCUT2D eigenvalue weighted by atomic mass is 9.99. The van der Waals surface area contributed by atoms with Gasteiger partial charge in [0.2, 0.25) is 11.8 Å². The van der Waals surface area contributed by atoms with Crippen LogP contribution < -0.4 is 10.6 Å². The molecule has 2 atom stereocenters. The second-order valence-electron chi connectivity index (χ2n) is 7.85. The Kier molecular flexibility index (Phi) is 9.01. The SMILES string of the molecule is O=C(C[C@@H]1C/C=C/CCC(=O)N[C@H](c2ccc(F)cc2)COC1=O)NCc1ccc(Cl)cc1. The minimum absolute atomic E-state index is 0.0235. The third-order valence-electron chi connectivity index (χ3n) is 5.29. The van der Waals surface area contributed by atoms with Crippen LogP contribution in [0.1, 0.15) is 42.9 Å². The molecule has 0 aromatic heterocycles. The predicted molar refractivity (Wildman–Crippen MR) is 123 cm³/mol. The van der Waals surface area contributed by atoms with E-state index < -0.39 is 23.7 Å². The van der Waals surface area contributed by atoms with E-state index in [-0.39, 0.29) is 31.3 Å². The standard InChI is InChI=1S/C25H26ClFN2O4/c26-20-10-6-17(7-11-20)15-28-24(31)14-19-4-2-1-3-5-23(30)29-22(16-33-25(19)32)18-8-12-21(27)13-9-18/h1-2,6-13,19,22H,3-5,14-16H2,(H,28,31)(H,29,30)/b2-1+/t19-,22-/m0/s1. The molecular weight excluding hydrogens is 447 g/mol. The Morgan fingerprint density at radius 3 is 2.55 bits per heavy atom. The Bertz CT molecular complexity index is 992. The van der Waals surface area contributed by atoms with Gasteiger partial charge in [-0.05, 0) is 48.2 Å². The monoisotopic (exact) mass is 472 g/mol. The van der Waals surface area contributed by atoms with Crippen LogP contribution in [-0.2, 0) is 25.7 Å². The molecule has 2 N–H and O–H groups in total. The molecule has 1 aliphatic heterocycles. The summed E-state index contributed by atoms with van der Waals surface area (Å²) in [4.78, 5) is 37.5. The van der Waals surface area contributed by atoms with Crippen molar-refractivity contribution in [1.82, 2.24) is 10.6 Å². The number of hydrogen-bond acceptors (Lipinski definition) is 4. The molecule has 0 aliphatic carbocycles. The number of esters is 1. The van der Waals surface area contributed by atoms with Gasteiger partial charge in [-0.15, -0.1) is 0 Å². The van der Waals surface area contributed by atoms with E-state index in [0.29, 0.717) is 30.0 Å². The number of allylic oxidation sites excluding steroid dienone is 2. The Morgan fingerprint density at radius 2 is 1.82 bits per heavy atom. The van der Waals surface area contributed by atoms with E-state index in [1.807, 2.05) is 18.2 Å². The maximum atomic E-state index is 13.3. The lowest BCUT2D eigenvalue weighted by Gasteiger charge is -2.22. The van der Waals surface area contributed by atoms with Gasteiger partial charge in [0, 0.05) is 24.4 Å². The van der Waals surface area contributed by atoms with Gasteiger partial charge in [-0.1, -0.05) is 48.0 Å². The number of benzene rings is 2. The number of carbonyl (C=O) groups is 3. The molecule has 0 bridgehead atoms. The summed E-state index contributed by atoms with van der Waals surface area (Å²) in [5.74, 6) is -2.04. The Hall–Kier alpha value is -3.19. The molecule has 1 aliphatic rings. The number of rotatable bonds is 5. The molecule has 33 heavy (non-hydrogen) atoms. The maximum Gasteiger partial charge on any atom is 0.309 e. The number of halogens is 2. The molecule has 0 unspecified atom stereocenters. The zero-order valence-corrected chi connectivity index (χ0v) is 18.8. The van der Waals surface area contributed by atoms with Crippen LogP contribution in [-0.4, -0.2) is 24.4 Å². The van der Waals surface area contributed by atoms with Gasteiger partial charge in [0.1, 0.15) is 12.4 Å². The summed E-state index contributed by atoms with van der Waals surface area (Å²) in [6.07, 6.45) is 4.70. The van der Waals surface area contributed by atoms with Crippen molar-refractivity contribution in [3.8, 4) is 0 Å². The van der Waals surface area contributed by atoms with Crippen molar-refractivity contribution in [3.05, 3.63) is 82.6 Å². The fourth-order valence-electron chi connectivity index (χ4n) is 3.42. The highest BCUT2D eigenvalue weighted by molar-refractivity contribution is 6.30. The van der Waals surface area contributed by atoms with Gasteiger partial charge in [-0.3, -0.25) is 14.4 Å². The predicted octanol–water partition coefficient (Wildman–Crippen LogP) is 4.24. The van der Waals surface area contributed by atoms with E-state index in [9.17, 15) is 18.8 Å². The molecule has 0 spiro atoms. The van der Waals surface area contributed by atoms with Crippen LogP contribution in [0, 0.1) is 11.7 Å².